The van der Waals surface area contributed by atoms with E-state index in [0.29, 0.717) is 6.04 Å². The highest BCUT2D eigenvalue weighted by Gasteiger charge is 2.37. The molecule has 2 saturated heterocycles. The minimum absolute atomic E-state index is 0.0333. The van der Waals surface area contributed by atoms with Crippen LogP contribution in [0, 0.1) is 5.92 Å². The van der Waals surface area contributed by atoms with Crippen LogP contribution < -0.4 is 5.32 Å². The fourth-order valence-corrected chi connectivity index (χ4v) is 5.43. The molecule has 0 spiro atoms. The van der Waals surface area contributed by atoms with E-state index in [-0.39, 0.29) is 23.8 Å². The largest absolute Gasteiger partial charge is 0.330 e. The molecular weight excluding hydrogens is 374 g/mol. The summed E-state index contributed by atoms with van der Waals surface area (Å²) in [6, 6.07) is 8.59. The molecule has 5 nitrogen and oxygen atoms in total. The van der Waals surface area contributed by atoms with Gasteiger partial charge in [0.25, 0.3) is 0 Å². The molecule has 2 unspecified atom stereocenters. The summed E-state index contributed by atoms with van der Waals surface area (Å²) in [7, 11) is 0. The molecule has 2 aliphatic heterocycles. The summed E-state index contributed by atoms with van der Waals surface area (Å²) in [5.41, 5.74) is 2.11. The summed E-state index contributed by atoms with van der Waals surface area (Å²) < 4.78 is 0. The number of carbonyl (C=O) groups is 2. The Balaban J connectivity index is 1.33. The average molecular weight is 412 g/mol. The lowest BCUT2D eigenvalue weighted by Gasteiger charge is -2.33. The van der Waals surface area contributed by atoms with Crippen LogP contribution >= 0.6 is 0 Å². The molecule has 3 fully saturated rings. The minimum Gasteiger partial charge on any atom is -0.330 e. The number of hydrogen-bond acceptors (Lipinski definition) is 3. The standard InChI is InChI=1S/C25H37N3O2/c1-19-8-5-6-16-27(19)18-20-12-14-22(15-13-20)26-24(29)23-11-7-17-28(23)25(30)21-9-3-2-4-10-21/h12-15,19,21,23H,2-11,16-18H2,1H3,(H,26,29). The highest BCUT2D eigenvalue weighted by Crippen LogP contribution is 2.29. The van der Waals surface area contributed by atoms with Crippen LogP contribution in [0.3, 0.4) is 0 Å². The normalized spacial score (nSPS) is 26.0. The Bertz CT molecular complexity index is 726. The topological polar surface area (TPSA) is 52.7 Å². The Morgan fingerprint density at radius 3 is 2.37 bits per heavy atom. The number of nitrogens with zero attached hydrogens (tertiary/aromatic N) is 2. The number of piperidine rings is 1. The van der Waals surface area contributed by atoms with E-state index in [1.807, 2.05) is 17.0 Å². The van der Waals surface area contributed by atoms with Crippen molar-refractivity contribution in [2.45, 2.75) is 89.8 Å². The average Bonchev–Trinajstić information content (AvgIpc) is 3.27. The van der Waals surface area contributed by atoms with E-state index in [9.17, 15) is 9.59 Å². The van der Waals surface area contributed by atoms with Crippen molar-refractivity contribution in [3.8, 4) is 0 Å². The van der Waals surface area contributed by atoms with Crippen LogP contribution in [0.25, 0.3) is 0 Å². The summed E-state index contributed by atoms with van der Waals surface area (Å²) in [5.74, 6) is 0.302. The van der Waals surface area contributed by atoms with Gasteiger partial charge in [-0.05, 0) is 69.7 Å². The molecule has 1 saturated carbocycles. The summed E-state index contributed by atoms with van der Waals surface area (Å²) in [6.45, 7) is 5.18. The van der Waals surface area contributed by atoms with Crippen molar-refractivity contribution >= 4 is 17.5 Å². The molecule has 30 heavy (non-hydrogen) atoms. The molecule has 1 N–H and O–H groups in total. The van der Waals surface area contributed by atoms with Gasteiger partial charge in [-0.1, -0.05) is 37.8 Å². The summed E-state index contributed by atoms with van der Waals surface area (Å²) in [4.78, 5) is 30.3. The van der Waals surface area contributed by atoms with Gasteiger partial charge in [-0.2, -0.15) is 0 Å². The Labute approximate surface area is 181 Å². The van der Waals surface area contributed by atoms with Crippen LogP contribution in [0.15, 0.2) is 24.3 Å². The van der Waals surface area contributed by atoms with Gasteiger partial charge < -0.3 is 10.2 Å². The van der Waals surface area contributed by atoms with Gasteiger partial charge in [0.05, 0.1) is 0 Å². The monoisotopic (exact) mass is 411 g/mol. The zero-order valence-electron chi connectivity index (χ0n) is 18.4. The van der Waals surface area contributed by atoms with Crippen LogP contribution in [0.4, 0.5) is 5.69 Å². The van der Waals surface area contributed by atoms with Gasteiger partial charge in [-0.3, -0.25) is 14.5 Å². The number of amides is 2. The van der Waals surface area contributed by atoms with Crippen molar-refractivity contribution < 1.29 is 9.59 Å². The van der Waals surface area contributed by atoms with Gasteiger partial charge in [0, 0.05) is 30.7 Å². The number of carbonyl (C=O) groups excluding carboxylic acids is 2. The van der Waals surface area contributed by atoms with E-state index in [4.69, 9.17) is 0 Å². The van der Waals surface area contributed by atoms with Gasteiger partial charge >= 0.3 is 0 Å². The smallest absolute Gasteiger partial charge is 0.247 e. The molecule has 1 aromatic rings. The van der Waals surface area contributed by atoms with E-state index < -0.39 is 0 Å². The third kappa shape index (κ3) is 5.05. The number of benzene rings is 1. The maximum atomic E-state index is 13.0. The van der Waals surface area contributed by atoms with E-state index in [2.05, 4.69) is 29.3 Å². The van der Waals surface area contributed by atoms with Gasteiger partial charge in [-0.15, -0.1) is 0 Å². The van der Waals surface area contributed by atoms with Crippen LogP contribution in [0.2, 0.25) is 0 Å². The maximum Gasteiger partial charge on any atom is 0.247 e. The van der Waals surface area contributed by atoms with E-state index >= 15 is 0 Å². The van der Waals surface area contributed by atoms with Gasteiger partial charge in [-0.25, -0.2) is 0 Å². The van der Waals surface area contributed by atoms with Crippen molar-refractivity contribution in [2.75, 3.05) is 18.4 Å². The molecule has 0 aromatic heterocycles. The van der Waals surface area contributed by atoms with Crippen LogP contribution in [-0.4, -0.2) is 46.8 Å². The van der Waals surface area contributed by atoms with Crippen LogP contribution in [0.5, 0.6) is 0 Å². The predicted molar refractivity (Wildman–Crippen MR) is 120 cm³/mol. The van der Waals surface area contributed by atoms with Crippen molar-refractivity contribution in [3.63, 3.8) is 0 Å². The molecule has 5 heteroatoms. The van der Waals surface area contributed by atoms with Crippen LogP contribution in [-0.2, 0) is 16.1 Å². The summed E-state index contributed by atoms with van der Waals surface area (Å²) in [5, 5.41) is 3.06. The quantitative estimate of drug-likeness (QED) is 0.772. The molecular formula is C25H37N3O2. The van der Waals surface area contributed by atoms with Gasteiger partial charge in [0.1, 0.15) is 6.04 Å². The predicted octanol–water partition coefficient (Wildman–Crippen LogP) is 4.57. The third-order valence-corrected chi connectivity index (χ3v) is 7.34. The summed E-state index contributed by atoms with van der Waals surface area (Å²) in [6.07, 6.45) is 11.1. The molecule has 2 heterocycles. The second-order valence-corrected chi connectivity index (χ2v) is 9.53. The highest BCUT2D eigenvalue weighted by molar-refractivity contribution is 5.97. The number of anilines is 1. The molecule has 2 atom stereocenters. The molecule has 1 aliphatic carbocycles. The molecule has 4 rings (SSSR count). The zero-order chi connectivity index (χ0) is 20.9. The second kappa shape index (κ2) is 9.95. The Hall–Kier alpha value is -1.88. The third-order valence-electron chi connectivity index (χ3n) is 7.34. The van der Waals surface area contributed by atoms with Gasteiger partial charge in [0.2, 0.25) is 11.8 Å². The minimum atomic E-state index is -0.312. The van der Waals surface area contributed by atoms with Crippen molar-refractivity contribution in [2.24, 2.45) is 5.92 Å². The molecule has 2 amide bonds. The van der Waals surface area contributed by atoms with Crippen molar-refractivity contribution in [1.82, 2.24) is 9.80 Å². The zero-order valence-corrected chi connectivity index (χ0v) is 18.4. The number of hydrogen-bond donors (Lipinski definition) is 1. The van der Waals surface area contributed by atoms with Crippen molar-refractivity contribution in [3.05, 3.63) is 29.8 Å². The number of rotatable bonds is 5. The Kier molecular flexibility index (Phi) is 7.08. The molecule has 0 radical (unpaired) electrons. The summed E-state index contributed by atoms with van der Waals surface area (Å²) >= 11 is 0. The Morgan fingerprint density at radius 1 is 0.900 bits per heavy atom. The first-order valence-electron chi connectivity index (χ1n) is 12.1. The van der Waals surface area contributed by atoms with Gasteiger partial charge in [0.15, 0.2) is 0 Å². The fraction of sp³-hybridized carbons (Fsp3) is 0.680. The maximum absolute atomic E-state index is 13.0. The molecule has 3 aliphatic rings. The molecule has 0 bridgehead atoms. The Morgan fingerprint density at radius 2 is 1.63 bits per heavy atom. The lowest BCUT2D eigenvalue weighted by atomic mass is 9.88. The SMILES string of the molecule is CC1CCCCN1Cc1ccc(NC(=O)C2CCCN2C(=O)C2CCCCC2)cc1. The molecule has 1 aromatic carbocycles. The highest BCUT2D eigenvalue weighted by atomic mass is 16.2. The number of nitrogens with one attached hydrogen (secondary N) is 1. The molecule has 164 valence electrons. The van der Waals surface area contributed by atoms with E-state index in [1.54, 1.807) is 0 Å². The fourth-order valence-electron chi connectivity index (χ4n) is 5.43. The lowest BCUT2D eigenvalue weighted by molar-refractivity contribution is -0.141. The lowest BCUT2D eigenvalue weighted by Crippen LogP contribution is -2.46. The second-order valence-electron chi connectivity index (χ2n) is 9.53. The van der Waals surface area contributed by atoms with Crippen molar-refractivity contribution in [1.29, 1.82) is 0 Å². The van der Waals surface area contributed by atoms with E-state index in [0.717, 1.165) is 57.3 Å². The first-order chi connectivity index (χ1) is 14.6. The first-order valence-corrected chi connectivity index (χ1v) is 12.1. The number of likely N-dealkylation sites (tertiary alicyclic amines) is 2. The first kappa shape index (κ1) is 21.4. The van der Waals surface area contributed by atoms with E-state index in [1.165, 1.54) is 37.8 Å². The van der Waals surface area contributed by atoms with Crippen LogP contribution in [0.1, 0.15) is 76.7 Å².